The number of ether oxygens (including phenoxy) is 2. The fourth-order valence-corrected chi connectivity index (χ4v) is 2.97. The van der Waals surface area contributed by atoms with Crippen LogP contribution in [0.15, 0.2) is 78.9 Å². The lowest BCUT2D eigenvalue weighted by Gasteiger charge is -2.10. The Bertz CT molecular complexity index is 1160. The first kappa shape index (κ1) is 23.3. The zero-order valence-electron chi connectivity index (χ0n) is 18.8. The lowest BCUT2D eigenvalue weighted by Crippen LogP contribution is -2.11. The highest BCUT2D eigenvalue weighted by Crippen LogP contribution is 2.21. The molecule has 3 rings (SSSR count). The molecule has 0 unspecified atom stereocenters. The van der Waals surface area contributed by atoms with Crippen LogP contribution < -0.4 is 20.1 Å². The molecule has 0 spiro atoms. The number of methoxy groups -OCH3 is 2. The number of anilines is 2. The van der Waals surface area contributed by atoms with Crippen LogP contribution >= 0.6 is 0 Å². The summed E-state index contributed by atoms with van der Waals surface area (Å²) in [7, 11) is 3.21. The first-order valence-corrected chi connectivity index (χ1v) is 10.3. The van der Waals surface area contributed by atoms with Crippen LogP contribution in [-0.2, 0) is 9.59 Å². The number of hydrogen-bond acceptors (Lipinski definition) is 4. The summed E-state index contributed by atoms with van der Waals surface area (Å²) in [4.78, 5) is 24.7. The standard InChI is InChI=1S/C27H26N2O4/c1-19-4-11-22(28-26(30)16-9-20-5-12-23(32-2)13-6-20)18-25(19)29-27(31)17-10-21-7-14-24(33-3)15-8-21/h4-18H,1-3H3,(H,28,30)(H,29,31). The molecule has 0 saturated carbocycles. The Morgan fingerprint density at radius 3 is 1.67 bits per heavy atom. The summed E-state index contributed by atoms with van der Waals surface area (Å²) in [6.45, 7) is 1.89. The van der Waals surface area contributed by atoms with Crippen molar-refractivity contribution in [3.05, 3.63) is 95.6 Å². The Morgan fingerprint density at radius 1 is 0.697 bits per heavy atom. The molecule has 0 atom stereocenters. The minimum atomic E-state index is -0.272. The minimum absolute atomic E-state index is 0.267. The van der Waals surface area contributed by atoms with E-state index in [9.17, 15) is 9.59 Å². The third kappa shape index (κ3) is 7.11. The average Bonchev–Trinajstić information content (AvgIpc) is 2.84. The molecule has 6 heteroatoms. The number of carbonyl (C=O) groups excluding carboxylic acids is 2. The summed E-state index contributed by atoms with van der Waals surface area (Å²) < 4.78 is 10.3. The van der Waals surface area contributed by atoms with Crippen LogP contribution in [0.25, 0.3) is 12.2 Å². The molecule has 3 aromatic carbocycles. The highest BCUT2D eigenvalue weighted by Gasteiger charge is 2.05. The number of hydrogen-bond donors (Lipinski definition) is 2. The maximum absolute atomic E-state index is 12.4. The smallest absolute Gasteiger partial charge is 0.248 e. The van der Waals surface area contributed by atoms with Gasteiger partial charge in [0, 0.05) is 23.5 Å². The van der Waals surface area contributed by atoms with Gasteiger partial charge in [-0.25, -0.2) is 0 Å². The van der Waals surface area contributed by atoms with Crippen molar-refractivity contribution in [3.8, 4) is 11.5 Å². The Morgan fingerprint density at radius 2 is 1.18 bits per heavy atom. The monoisotopic (exact) mass is 442 g/mol. The van der Waals surface area contributed by atoms with Gasteiger partial charge in [-0.05, 0) is 72.2 Å². The second-order valence-electron chi connectivity index (χ2n) is 7.22. The van der Waals surface area contributed by atoms with E-state index in [4.69, 9.17) is 9.47 Å². The van der Waals surface area contributed by atoms with Gasteiger partial charge in [0.2, 0.25) is 11.8 Å². The van der Waals surface area contributed by atoms with Gasteiger partial charge in [-0.15, -0.1) is 0 Å². The third-order valence-electron chi connectivity index (χ3n) is 4.85. The van der Waals surface area contributed by atoms with Crippen LogP contribution in [0.4, 0.5) is 11.4 Å². The zero-order chi connectivity index (χ0) is 23.6. The number of rotatable bonds is 8. The van der Waals surface area contributed by atoms with Crippen molar-refractivity contribution in [1.82, 2.24) is 0 Å². The van der Waals surface area contributed by atoms with E-state index < -0.39 is 0 Å². The van der Waals surface area contributed by atoms with Crippen molar-refractivity contribution in [2.45, 2.75) is 6.92 Å². The summed E-state index contributed by atoms with van der Waals surface area (Å²) >= 11 is 0. The quantitative estimate of drug-likeness (QED) is 0.463. The van der Waals surface area contributed by atoms with E-state index in [1.54, 1.807) is 38.5 Å². The van der Waals surface area contributed by atoms with Gasteiger partial charge in [-0.3, -0.25) is 9.59 Å². The van der Waals surface area contributed by atoms with E-state index in [0.29, 0.717) is 11.4 Å². The van der Waals surface area contributed by atoms with E-state index in [1.165, 1.54) is 12.2 Å². The van der Waals surface area contributed by atoms with Crippen LogP contribution in [0, 0.1) is 6.92 Å². The lowest BCUT2D eigenvalue weighted by molar-refractivity contribution is -0.112. The van der Waals surface area contributed by atoms with Crippen molar-refractivity contribution in [3.63, 3.8) is 0 Å². The second kappa shape index (κ2) is 11.3. The number of aryl methyl sites for hydroxylation is 1. The Labute approximate surface area is 193 Å². The van der Waals surface area contributed by atoms with Gasteiger partial charge in [-0.1, -0.05) is 30.3 Å². The molecule has 0 aliphatic carbocycles. The first-order chi connectivity index (χ1) is 16.0. The van der Waals surface area contributed by atoms with Gasteiger partial charge in [0.05, 0.1) is 14.2 Å². The molecule has 0 fully saturated rings. The normalized spacial score (nSPS) is 10.9. The van der Waals surface area contributed by atoms with Crippen LogP contribution in [0.2, 0.25) is 0 Å². The van der Waals surface area contributed by atoms with Gasteiger partial charge >= 0.3 is 0 Å². The van der Waals surface area contributed by atoms with Crippen LogP contribution in [0.3, 0.4) is 0 Å². The molecule has 2 N–H and O–H groups in total. The van der Waals surface area contributed by atoms with Gasteiger partial charge in [-0.2, -0.15) is 0 Å². The molecule has 2 amide bonds. The Hall–Kier alpha value is -4.32. The van der Waals surface area contributed by atoms with Crippen LogP contribution in [-0.4, -0.2) is 26.0 Å². The fourth-order valence-electron chi connectivity index (χ4n) is 2.97. The van der Waals surface area contributed by atoms with Gasteiger partial charge in [0.25, 0.3) is 0 Å². The third-order valence-corrected chi connectivity index (χ3v) is 4.85. The molecule has 0 radical (unpaired) electrons. The highest BCUT2D eigenvalue weighted by molar-refractivity contribution is 6.04. The lowest BCUT2D eigenvalue weighted by atomic mass is 10.1. The van der Waals surface area contributed by atoms with Crippen molar-refractivity contribution < 1.29 is 19.1 Å². The summed E-state index contributed by atoms with van der Waals surface area (Å²) in [5.41, 5.74) is 3.85. The molecule has 0 heterocycles. The number of amides is 2. The number of benzene rings is 3. The summed E-state index contributed by atoms with van der Waals surface area (Å²) in [6, 6.07) is 20.1. The molecular weight excluding hydrogens is 416 g/mol. The predicted molar refractivity (Wildman–Crippen MR) is 132 cm³/mol. The van der Waals surface area contributed by atoms with E-state index in [0.717, 1.165) is 28.2 Å². The van der Waals surface area contributed by atoms with E-state index in [1.807, 2.05) is 61.5 Å². The van der Waals surface area contributed by atoms with E-state index >= 15 is 0 Å². The molecule has 0 aliphatic heterocycles. The summed E-state index contributed by atoms with van der Waals surface area (Å²) in [5, 5.41) is 5.67. The molecule has 3 aromatic rings. The Kier molecular flexibility index (Phi) is 8.02. The van der Waals surface area contributed by atoms with E-state index in [-0.39, 0.29) is 11.8 Å². The molecule has 0 aromatic heterocycles. The summed E-state index contributed by atoms with van der Waals surface area (Å²) in [5.74, 6) is 0.970. The van der Waals surface area contributed by atoms with Gasteiger partial charge in [0.15, 0.2) is 0 Å². The molecule has 6 nitrogen and oxygen atoms in total. The average molecular weight is 443 g/mol. The molecule has 33 heavy (non-hydrogen) atoms. The maximum atomic E-state index is 12.4. The number of carbonyl (C=O) groups is 2. The van der Waals surface area contributed by atoms with Crippen molar-refractivity contribution in [1.29, 1.82) is 0 Å². The number of nitrogens with one attached hydrogen (secondary N) is 2. The van der Waals surface area contributed by atoms with Crippen molar-refractivity contribution >= 4 is 35.3 Å². The molecule has 0 aliphatic rings. The maximum Gasteiger partial charge on any atom is 0.248 e. The van der Waals surface area contributed by atoms with Crippen molar-refractivity contribution in [2.24, 2.45) is 0 Å². The predicted octanol–water partition coefficient (Wildman–Crippen LogP) is 5.32. The minimum Gasteiger partial charge on any atom is -0.497 e. The van der Waals surface area contributed by atoms with Crippen LogP contribution in [0.1, 0.15) is 16.7 Å². The van der Waals surface area contributed by atoms with Crippen molar-refractivity contribution in [2.75, 3.05) is 24.9 Å². The van der Waals surface area contributed by atoms with Gasteiger partial charge in [0.1, 0.15) is 11.5 Å². The summed E-state index contributed by atoms with van der Waals surface area (Å²) in [6.07, 6.45) is 6.36. The van der Waals surface area contributed by atoms with E-state index in [2.05, 4.69) is 10.6 Å². The topological polar surface area (TPSA) is 76.7 Å². The molecule has 0 saturated heterocycles. The SMILES string of the molecule is COc1ccc(C=CC(=O)Nc2ccc(C)c(NC(=O)C=Cc3ccc(OC)cc3)c2)cc1. The van der Waals surface area contributed by atoms with Crippen LogP contribution in [0.5, 0.6) is 11.5 Å². The fraction of sp³-hybridized carbons (Fsp3) is 0.111. The molecule has 0 bridgehead atoms. The second-order valence-corrected chi connectivity index (χ2v) is 7.22. The zero-order valence-corrected chi connectivity index (χ0v) is 18.8. The Balaban J connectivity index is 1.60. The molecule has 168 valence electrons. The van der Waals surface area contributed by atoms with Gasteiger partial charge < -0.3 is 20.1 Å². The highest BCUT2D eigenvalue weighted by atomic mass is 16.5. The first-order valence-electron chi connectivity index (χ1n) is 10.3. The molecular formula is C27H26N2O4. The largest absolute Gasteiger partial charge is 0.497 e.